The molecule has 13 heavy (non-hydrogen) atoms. The molecule has 0 aliphatic carbocycles. The third-order valence-corrected chi connectivity index (χ3v) is 1.72. The van der Waals surface area contributed by atoms with E-state index in [2.05, 4.69) is 0 Å². The van der Waals surface area contributed by atoms with E-state index in [-0.39, 0.29) is 12.2 Å². The molecule has 0 aliphatic rings. The molecule has 1 aromatic carbocycles. The van der Waals surface area contributed by atoms with Crippen LogP contribution in [-0.4, -0.2) is 0 Å². The van der Waals surface area contributed by atoms with Gasteiger partial charge in [-0.05, 0) is 17.7 Å². The van der Waals surface area contributed by atoms with Gasteiger partial charge in [0.05, 0.1) is 24.5 Å². The Kier molecular flexibility index (Phi) is 3.00. The third kappa shape index (κ3) is 2.28. The highest BCUT2D eigenvalue weighted by Gasteiger charge is 2.09. The van der Waals surface area contributed by atoms with Crippen molar-refractivity contribution in [3.05, 3.63) is 35.6 Å². The second kappa shape index (κ2) is 4.23. The largest absolute Gasteiger partial charge is 0.207 e. The quantitative estimate of drug-likeness (QED) is 0.690. The molecule has 64 valence electrons. The second-order valence-corrected chi connectivity index (χ2v) is 2.60. The SMILES string of the molecule is N#CC[C@@H](C#N)c1ccc(F)cc1. The van der Waals surface area contributed by atoms with Crippen LogP contribution in [0.25, 0.3) is 0 Å². The fourth-order valence-electron chi connectivity index (χ4n) is 1.02. The molecule has 0 fully saturated rings. The Morgan fingerprint density at radius 3 is 2.31 bits per heavy atom. The lowest BCUT2D eigenvalue weighted by atomic mass is 9.98. The van der Waals surface area contributed by atoms with Crippen molar-refractivity contribution in [2.75, 3.05) is 0 Å². The van der Waals surface area contributed by atoms with Crippen LogP contribution < -0.4 is 0 Å². The van der Waals surface area contributed by atoms with Crippen LogP contribution in [-0.2, 0) is 0 Å². The van der Waals surface area contributed by atoms with Crippen molar-refractivity contribution >= 4 is 0 Å². The topological polar surface area (TPSA) is 47.6 Å². The van der Waals surface area contributed by atoms with Gasteiger partial charge in [0, 0.05) is 0 Å². The van der Waals surface area contributed by atoms with Gasteiger partial charge in [-0.2, -0.15) is 10.5 Å². The Hall–Kier alpha value is -1.87. The maximum Gasteiger partial charge on any atom is 0.123 e. The normalized spacial score (nSPS) is 11.3. The lowest BCUT2D eigenvalue weighted by Crippen LogP contribution is -1.93. The van der Waals surface area contributed by atoms with Crippen molar-refractivity contribution in [3.8, 4) is 12.1 Å². The first-order valence-electron chi connectivity index (χ1n) is 3.80. The molecule has 0 aromatic heterocycles. The van der Waals surface area contributed by atoms with Crippen LogP contribution in [0.15, 0.2) is 24.3 Å². The molecule has 1 rings (SSSR count). The predicted molar refractivity (Wildman–Crippen MR) is 45.0 cm³/mol. The minimum atomic E-state index is -0.453. The minimum absolute atomic E-state index is 0.141. The molecule has 1 aromatic rings. The number of nitrogens with zero attached hydrogens (tertiary/aromatic N) is 2. The fourth-order valence-corrected chi connectivity index (χ4v) is 1.02. The smallest absolute Gasteiger partial charge is 0.123 e. The number of hydrogen-bond donors (Lipinski definition) is 0. The predicted octanol–water partition coefficient (Wildman–Crippen LogP) is 2.35. The van der Waals surface area contributed by atoms with Gasteiger partial charge >= 0.3 is 0 Å². The Balaban J connectivity index is 2.89. The third-order valence-electron chi connectivity index (χ3n) is 1.72. The Labute approximate surface area is 75.8 Å². The first kappa shape index (κ1) is 9.22. The van der Waals surface area contributed by atoms with Gasteiger partial charge in [-0.15, -0.1) is 0 Å². The van der Waals surface area contributed by atoms with Gasteiger partial charge in [0.25, 0.3) is 0 Å². The lowest BCUT2D eigenvalue weighted by molar-refractivity contribution is 0.626. The summed E-state index contributed by atoms with van der Waals surface area (Å²) in [6.45, 7) is 0. The maximum absolute atomic E-state index is 12.5. The molecule has 0 saturated heterocycles. The van der Waals surface area contributed by atoms with Crippen LogP contribution in [0, 0.1) is 28.5 Å². The van der Waals surface area contributed by atoms with Gasteiger partial charge in [-0.1, -0.05) is 12.1 Å². The monoisotopic (exact) mass is 174 g/mol. The van der Waals surface area contributed by atoms with Crippen LogP contribution >= 0.6 is 0 Å². The molecule has 0 unspecified atom stereocenters. The summed E-state index contributed by atoms with van der Waals surface area (Å²) >= 11 is 0. The second-order valence-electron chi connectivity index (χ2n) is 2.60. The zero-order chi connectivity index (χ0) is 9.68. The number of nitriles is 2. The van der Waals surface area contributed by atoms with Crippen molar-refractivity contribution < 1.29 is 4.39 Å². The summed E-state index contributed by atoms with van der Waals surface area (Å²) < 4.78 is 12.5. The standard InChI is InChI=1S/C10H7FN2/c11-10-3-1-8(2-4-10)9(7-13)5-6-12/h1-4,9H,5H2/t9-/m0/s1. The zero-order valence-corrected chi connectivity index (χ0v) is 6.87. The van der Waals surface area contributed by atoms with E-state index in [0.29, 0.717) is 5.56 Å². The minimum Gasteiger partial charge on any atom is -0.207 e. The highest BCUT2D eigenvalue weighted by molar-refractivity contribution is 5.26. The summed E-state index contributed by atoms with van der Waals surface area (Å²) in [6, 6.07) is 9.54. The number of rotatable bonds is 2. The summed E-state index contributed by atoms with van der Waals surface area (Å²) in [7, 11) is 0. The van der Waals surface area contributed by atoms with E-state index in [9.17, 15) is 4.39 Å². The van der Waals surface area contributed by atoms with E-state index >= 15 is 0 Å². The number of hydrogen-bond acceptors (Lipinski definition) is 2. The summed E-state index contributed by atoms with van der Waals surface area (Å²) in [5, 5.41) is 17.1. The van der Waals surface area contributed by atoms with E-state index in [1.165, 1.54) is 24.3 Å². The average Bonchev–Trinajstić information content (AvgIpc) is 2.16. The van der Waals surface area contributed by atoms with E-state index in [1.807, 2.05) is 12.1 Å². The molecule has 0 N–H and O–H groups in total. The van der Waals surface area contributed by atoms with Crippen molar-refractivity contribution in [1.82, 2.24) is 0 Å². The first-order chi connectivity index (χ1) is 6.27. The molecule has 1 atom stereocenters. The van der Waals surface area contributed by atoms with E-state index < -0.39 is 5.92 Å². The summed E-state index contributed by atoms with van der Waals surface area (Å²) in [5.41, 5.74) is 0.686. The van der Waals surface area contributed by atoms with Gasteiger partial charge in [0.15, 0.2) is 0 Å². The Morgan fingerprint density at radius 1 is 1.23 bits per heavy atom. The molecule has 0 radical (unpaired) electrons. The van der Waals surface area contributed by atoms with E-state index in [4.69, 9.17) is 10.5 Å². The maximum atomic E-state index is 12.5. The Bertz CT molecular complexity index is 356. The molecule has 0 heterocycles. The van der Waals surface area contributed by atoms with Crippen LogP contribution in [0.5, 0.6) is 0 Å². The summed E-state index contributed by atoms with van der Waals surface area (Å²) in [6.07, 6.45) is 0.141. The van der Waals surface area contributed by atoms with Crippen molar-refractivity contribution in [3.63, 3.8) is 0 Å². The first-order valence-corrected chi connectivity index (χ1v) is 3.80. The summed E-state index contributed by atoms with van der Waals surface area (Å²) in [4.78, 5) is 0. The average molecular weight is 174 g/mol. The fraction of sp³-hybridized carbons (Fsp3) is 0.200. The molecule has 3 heteroatoms. The summed E-state index contributed by atoms with van der Waals surface area (Å²) in [5.74, 6) is -0.789. The van der Waals surface area contributed by atoms with Gasteiger partial charge < -0.3 is 0 Å². The van der Waals surface area contributed by atoms with Crippen LogP contribution in [0.2, 0.25) is 0 Å². The molecule has 0 amide bonds. The van der Waals surface area contributed by atoms with Crippen molar-refractivity contribution in [2.45, 2.75) is 12.3 Å². The van der Waals surface area contributed by atoms with Gasteiger partial charge in [0.1, 0.15) is 5.82 Å². The zero-order valence-electron chi connectivity index (χ0n) is 6.87. The van der Waals surface area contributed by atoms with Gasteiger partial charge in [-0.25, -0.2) is 4.39 Å². The van der Waals surface area contributed by atoms with Crippen molar-refractivity contribution in [1.29, 1.82) is 10.5 Å². The van der Waals surface area contributed by atoms with Crippen molar-refractivity contribution in [2.24, 2.45) is 0 Å². The van der Waals surface area contributed by atoms with E-state index in [1.54, 1.807) is 0 Å². The molecule has 0 saturated carbocycles. The van der Waals surface area contributed by atoms with Gasteiger partial charge in [0.2, 0.25) is 0 Å². The van der Waals surface area contributed by atoms with Crippen LogP contribution in [0.3, 0.4) is 0 Å². The van der Waals surface area contributed by atoms with Crippen LogP contribution in [0.4, 0.5) is 4.39 Å². The molecular formula is C10H7FN2. The highest BCUT2D eigenvalue weighted by atomic mass is 19.1. The molecular weight excluding hydrogens is 167 g/mol. The van der Waals surface area contributed by atoms with Gasteiger partial charge in [-0.3, -0.25) is 0 Å². The Morgan fingerprint density at radius 2 is 1.85 bits per heavy atom. The highest BCUT2D eigenvalue weighted by Crippen LogP contribution is 2.18. The molecule has 2 nitrogen and oxygen atoms in total. The number of halogens is 1. The molecule has 0 bridgehead atoms. The lowest BCUT2D eigenvalue weighted by Gasteiger charge is -2.03. The molecule has 0 spiro atoms. The van der Waals surface area contributed by atoms with Crippen LogP contribution in [0.1, 0.15) is 17.9 Å². The van der Waals surface area contributed by atoms with E-state index in [0.717, 1.165) is 0 Å². The number of benzene rings is 1. The molecule has 0 aliphatic heterocycles.